The maximum absolute atomic E-state index is 13.3. The van der Waals surface area contributed by atoms with Gasteiger partial charge < -0.3 is 5.32 Å². The molecule has 0 bridgehead atoms. The van der Waals surface area contributed by atoms with Crippen LogP contribution in [0.25, 0.3) is 0 Å². The number of aliphatic imine (C=N–C) groups is 1. The van der Waals surface area contributed by atoms with E-state index in [2.05, 4.69) is 41.2 Å². The second-order valence-corrected chi connectivity index (χ2v) is 6.15. The van der Waals surface area contributed by atoms with Gasteiger partial charge in [0, 0.05) is 6.54 Å². The van der Waals surface area contributed by atoms with Crippen molar-refractivity contribution in [3.8, 4) is 0 Å². The van der Waals surface area contributed by atoms with Crippen LogP contribution in [0.1, 0.15) is 12.6 Å². The first-order valence-corrected chi connectivity index (χ1v) is 8.49. The van der Waals surface area contributed by atoms with E-state index >= 15 is 0 Å². The number of amides is 1. The molecule has 1 heterocycles. The molecule has 1 aromatic carbocycles. The molecule has 8 nitrogen and oxygen atoms in total. The lowest BCUT2D eigenvalue weighted by molar-refractivity contribution is -0.118. The molecule has 1 amide bonds. The van der Waals surface area contributed by atoms with Crippen LogP contribution in [-0.2, 0) is 4.79 Å². The van der Waals surface area contributed by atoms with Crippen molar-refractivity contribution in [1.29, 1.82) is 0 Å². The van der Waals surface area contributed by atoms with Gasteiger partial charge in [0.1, 0.15) is 5.82 Å². The zero-order chi connectivity index (χ0) is 17.5. The van der Waals surface area contributed by atoms with Crippen molar-refractivity contribution >= 4 is 45.1 Å². The number of amidine groups is 1. The van der Waals surface area contributed by atoms with E-state index in [-0.39, 0.29) is 32.7 Å². The highest BCUT2D eigenvalue weighted by Gasteiger charge is 2.18. The third-order valence-corrected chi connectivity index (χ3v) is 4.20. The Balaban J connectivity index is 2.21. The Morgan fingerprint density at radius 3 is 2.96 bits per heavy atom. The molecule has 0 saturated heterocycles. The van der Waals surface area contributed by atoms with E-state index in [0.717, 1.165) is 11.8 Å². The SMILES string of the molecule is CCNC(=O)CSc1nonc1C(=Nc1ccc(F)c(Br)c1)NO. The van der Waals surface area contributed by atoms with Crippen molar-refractivity contribution in [3.05, 3.63) is 34.2 Å². The van der Waals surface area contributed by atoms with Crippen LogP contribution in [0.2, 0.25) is 0 Å². The highest BCUT2D eigenvalue weighted by molar-refractivity contribution is 9.10. The van der Waals surface area contributed by atoms with Crippen LogP contribution >= 0.6 is 27.7 Å². The predicted octanol–water partition coefficient (Wildman–Crippen LogP) is 2.26. The van der Waals surface area contributed by atoms with E-state index in [4.69, 9.17) is 0 Å². The molecule has 128 valence electrons. The van der Waals surface area contributed by atoms with Crippen molar-refractivity contribution < 1.29 is 19.0 Å². The number of benzene rings is 1. The van der Waals surface area contributed by atoms with E-state index in [1.54, 1.807) is 0 Å². The lowest BCUT2D eigenvalue weighted by Crippen LogP contribution is -2.25. The number of rotatable bonds is 6. The zero-order valence-corrected chi connectivity index (χ0v) is 14.8. The normalized spacial score (nSPS) is 11.4. The highest BCUT2D eigenvalue weighted by Crippen LogP contribution is 2.24. The number of hydrogen-bond donors (Lipinski definition) is 3. The number of hydroxylamine groups is 1. The van der Waals surface area contributed by atoms with Gasteiger partial charge in [-0.25, -0.2) is 14.0 Å². The summed E-state index contributed by atoms with van der Waals surface area (Å²) in [4.78, 5) is 15.6. The second kappa shape index (κ2) is 8.76. The summed E-state index contributed by atoms with van der Waals surface area (Å²) in [6.45, 7) is 2.33. The third kappa shape index (κ3) is 4.76. The van der Waals surface area contributed by atoms with Gasteiger partial charge in [-0.05, 0) is 51.4 Å². The maximum atomic E-state index is 13.3. The molecule has 1 aromatic heterocycles. The van der Waals surface area contributed by atoms with E-state index in [1.165, 1.54) is 18.2 Å². The first-order valence-electron chi connectivity index (χ1n) is 6.71. The van der Waals surface area contributed by atoms with Gasteiger partial charge in [-0.2, -0.15) is 0 Å². The third-order valence-electron chi connectivity index (χ3n) is 2.65. The van der Waals surface area contributed by atoms with Crippen molar-refractivity contribution in [2.24, 2.45) is 4.99 Å². The van der Waals surface area contributed by atoms with E-state index < -0.39 is 5.82 Å². The number of carbonyl (C=O) groups excluding carboxylic acids is 1. The summed E-state index contributed by atoms with van der Waals surface area (Å²) in [6, 6.07) is 4.08. The second-order valence-electron chi connectivity index (χ2n) is 4.33. The summed E-state index contributed by atoms with van der Waals surface area (Å²) in [5, 5.41) is 19.6. The molecule has 11 heteroatoms. The van der Waals surface area contributed by atoms with E-state index in [0.29, 0.717) is 12.2 Å². The van der Waals surface area contributed by atoms with Crippen LogP contribution in [0.5, 0.6) is 0 Å². The predicted molar refractivity (Wildman–Crippen MR) is 88.9 cm³/mol. The summed E-state index contributed by atoms with van der Waals surface area (Å²) < 4.78 is 18.1. The molecule has 0 unspecified atom stereocenters. The van der Waals surface area contributed by atoms with Crippen molar-refractivity contribution in [2.45, 2.75) is 11.9 Å². The topological polar surface area (TPSA) is 113 Å². The first-order chi connectivity index (χ1) is 11.5. The molecule has 0 fully saturated rings. The van der Waals surface area contributed by atoms with Crippen LogP contribution in [0.4, 0.5) is 10.1 Å². The van der Waals surface area contributed by atoms with Crippen molar-refractivity contribution in [3.63, 3.8) is 0 Å². The lowest BCUT2D eigenvalue weighted by Gasteiger charge is -2.04. The van der Waals surface area contributed by atoms with Crippen LogP contribution in [0, 0.1) is 5.82 Å². The summed E-state index contributed by atoms with van der Waals surface area (Å²) in [5.74, 6) is -0.549. The molecule has 2 rings (SSSR count). The van der Waals surface area contributed by atoms with Gasteiger partial charge in [0.05, 0.1) is 15.9 Å². The molecule has 0 saturated carbocycles. The van der Waals surface area contributed by atoms with Gasteiger partial charge in [0.25, 0.3) is 0 Å². The Morgan fingerprint density at radius 2 is 2.29 bits per heavy atom. The zero-order valence-electron chi connectivity index (χ0n) is 12.4. The largest absolute Gasteiger partial charge is 0.356 e. The number of aromatic nitrogens is 2. The number of nitrogens with one attached hydrogen (secondary N) is 2. The van der Waals surface area contributed by atoms with E-state index in [1.807, 2.05) is 12.4 Å². The fourth-order valence-electron chi connectivity index (χ4n) is 1.62. The van der Waals surface area contributed by atoms with Crippen LogP contribution in [0.3, 0.4) is 0 Å². The van der Waals surface area contributed by atoms with Gasteiger partial charge in [0.15, 0.2) is 16.6 Å². The van der Waals surface area contributed by atoms with Crippen molar-refractivity contribution in [1.82, 2.24) is 21.1 Å². The number of thioether (sulfide) groups is 1. The fraction of sp³-hybridized carbons (Fsp3) is 0.231. The molecule has 0 spiro atoms. The van der Waals surface area contributed by atoms with Crippen LogP contribution < -0.4 is 10.8 Å². The fourth-order valence-corrected chi connectivity index (χ4v) is 2.71. The molecule has 2 aromatic rings. The maximum Gasteiger partial charge on any atom is 0.230 e. The molecule has 0 aliphatic rings. The monoisotopic (exact) mass is 417 g/mol. The minimum absolute atomic E-state index is 0.0480. The Hall–Kier alpha value is -1.98. The number of carbonyl (C=O) groups is 1. The Kier molecular flexibility index (Phi) is 6.70. The minimum atomic E-state index is -0.436. The number of halogens is 2. The Bertz CT molecular complexity index is 755. The molecular weight excluding hydrogens is 405 g/mol. The summed E-state index contributed by atoms with van der Waals surface area (Å²) in [7, 11) is 0. The standard InChI is InChI=1S/C13H13BrFN5O3S/c1-2-16-10(21)6-24-13-11(19-23-20-13)12(18-22)17-7-3-4-9(15)8(14)5-7/h3-5,22H,2,6H2,1H3,(H,16,21)(H,17,18). The molecule has 0 aliphatic carbocycles. The Labute approximate surface area is 149 Å². The summed E-state index contributed by atoms with van der Waals surface area (Å²) >= 11 is 4.14. The van der Waals surface area contributed by atoms with Gasteiger partial charge >= 0.3 is 0 Å². The average Bonchev–Trinajstić information content (AvgIpc) is 3.02. The minimum Gasteiger partial charge on any atom is -0.356 e. The molecule has 0 radical (unpaired) electrons. The van der Waals surface area contributed by atoms with Gasteiger partial charge in [-0.1, -0.05) is 11.8 Å². The molecule has 3 N–H and O–H groups in total. The van der Waals surface area contributed by atoms with Gasteiger partial charge in [-0.3, -0.25) is 15.5 Å². The van der Waals surface area contributed by atoms with Crippen molar-refractivity contribution in [2.75, 3.05) is 12.3 Å². The smallest absolute Gasteiger partial charge is 0.230 e. The van der Waals surface area contributed by atoms with Crippen LogP contribution in [-0.4, -0.2) is 39.6 Å². The molecule has 0 aliphatic heterocycles. The highest BCUT2D eigenvalue weighted by atomic mass is 79.9. The number of nitrogens with zero attached hydrogens (tertiary/aromatic N) is 3. The summed E-state index contributed by atoms with van der Waals surface area (Å²) in [5.41, 5.74) is 2.40. The summed E-state index contributed by atoms with van der Waals surface area (Å²) in [6.07, 6.45) is 0. The molecule has 0 atom stereocenters. The average molecular weight is 418 g/mol. The van der Waals surface area contributed by atoms with Crippen LogP contribution in [0.15, 0.2) is 37.3 Å². The lowest BCUT2D eigenvalue weighted by atomic mass is 10.3. The van der Waals surface area contributed by atoms with E-state index in [9.17, 15) is 14.4 Å². The quantitative estimate of drug-likeness (QED) is 0.286. The molecular formula is C13H13BrFN5O3S. The Morgan fingerprint density at radius 1 is 1.50 bits per heavy atom. The molecule has 24 heavy (non-hydrogen) atoms. The van der Waals surface area contributed by atoms with Gasteiger partial charge in [-0.15, -0.1) is 0 Å². The van der Waals surface area contributed by atoms with Gasteiger partial charge in [0.2, 0.25) is 5.91 Å². The first kappa shape index (κ1) is 18.4. The number of hydrogen-bond acceptors (Lipinski definition) is 7.